The molecule has 1 amide bonds. The topological polar surface area (TPSA) is 66.4 Å². The molecule has 126 valence electrons. The number of carbonyl (C=O) groups excluding carboxylic acids is 1. The van der Waals surface area contributed by atoms with Crippen LogP contribution in [0.25, 0.3) is 0 Å². The van der Waals surface area contributed by atoms with Crippen LogP contribution < -0.4 is 5.32 Å². The zero-order chi connectivity index (χ0) is 18.4. The van der Waals surface area contributed by atoms with E-state index in [1.54, 1.807) is 5.32 Å². The number of rotatable bonds is 1. The Balaban J connectivity index is 0.00000108. The lowest BCUT2D eigenvalue weighted by Gasteiger charge is -2.14. The Morgan fingerprint density at radius 1 is 1.04 bits per heavy atom. The van der Waals surface area contributed by atoms with Gasteiger partial charge < -0.3 is 10.4 Å². The molecule has 0 fully saturated rings. The van der Waals surface area contributed by atoms with Gasteiger partial charge in [0.25, 0.3) is 11.9 Å². The highest BCUT2D eigenvalue weighted by molar-refractivity contribution is 6.03. The molecule has 0 aliphatic carbocycles. The summed E-state index contributed by atoms with van der Waals surface area (Å²) in [7, 11) is 0. The molecule has 0 spiro atoms. The second-order valence-electron chi connectivity index (χ2n) is 3.91. The minimum absolute atomic E-state index is 0.0501. The zero-order valence-corrected chi connectivity index (χ0v) is 11.3. The molecule has 10 heteroatoms. The third-order valence-corrected chi connectivity index (χ3v) is 1.98. The molecule has 0 atom stereocenters. The van der Waals surface area contributed by atoms with Crippen molar-refractivity contribution in [3.05, 3.63) is 29.3 Å². The summed E-state index contributed by atoms with van der Waals surface area (Å²) in [6.07, 6.45) is -5.29. The van der Waals surface area contributed by atoms with E-state index in [9.17, 15) is 31.1 Å². The largest absolute Gasteiger partial charge is 0.481 e. The summed E-state index contributed by atoms with van der Waals surface area (Å²) in [5.41, 5.74) is -3.74. The molecular formula is C13H9F6NO3. The maximum atomic E-state index is 12.4. The van der Waals surface area contributed by atoms with Crippen molar-refractivity contribution >= 4 is 17.6 Å². The van der Waals surface area contributed by atoms with E-state index in [-0.39, 0.29) is 6.07 Å². The molecule has 0 aromatic heterocycles. The fourth-order valence-electron chi connectivity index (χ4n) is 1.19. The number of benzene rings is 1. The quantitative estimate of drug-likeness (QED) is 0.608. The highest BCUT2D eigenvalue weighted by Gasteiger charge is 2.37. The zero-order valence-electron chi connectivity index (χ0n) is 11.3. The van der Waals surface area contributed by atoms with Crippen LogP contribution in [0.2, 0.25) is 0 Å². The predicted molar refractivity (Wildman–Crippen MR) is 67.2 cm³/mol. The SMILES string of the molecule is C#CC(=O)Nc1cc(C(F)(F)F)cc(C(F)(F)F)c1.CC(=O)O. The number of carboxylic acids is 1. The van der Waals surface area contributed by atoms with Gasteiger partial charge >= 0.3 is 12.4 Å². The van der Waals surface area contributed by atoms with E-state index in [1.807, 2.05) is 0 Å². The van der Waals surface area contributed by atoms with Gasteiger partial charge in [-0.05, 0) is 24.1 Å². The summed E-state index contributed by atoms with van der Waals surface area (Å²) < 4.78 is 74.6. The molecule has 0 radical (unpaired) electrons. The maximum Gasteiger partial charge on any atom is 0.416 e. The number of aliphatic carboxylic acids is 1. The number of carboxylic acid groups (broad SMARTS) is 1. The average Bonchev–Trinajstić information content (AvgIpc) is 2.35. The van der Waals surface area contributed by atoms with Gasteiger partial charge in [-0.15, -0.1) is 6.42 Å². The van der Waals surface area contributed by atoms with Crippen molar-refractivity contribution < 1.29 is 41.0 Å². The van der Waals surface area contributed by atoms with Crippen LogP contribution in [0.4, 0.5) is 32.0 Å². The molecule has 0 unspecified atom stereocenters. The van der Waals surface area contributed by atoms with Crippen molar-refractivity contribution in [1.82, 2.24) is 0 Å². The van der Waals surface area contributed by atoms with Gasteiger partial charge in [0.15, 0.2) is 0 Å². The monoisotopic (exact) mass is 341 g/mol. The van der Waals surface area contributed by atoms with E-state index in [0.717, 1.165) is 6.92 Å². The van der Waals surface area contributed by atoms with E-state index in [1.165, 1.54) is 5.92 Å². The summed E-state index contributed by atoms with van der Waals surface area (Å²) in [6.45, 7) is 1.08. The number of alkyl halides is 6. The number of carbonyl (C=O) groups is 2. The lowest BCUT2D eigenvalue weighted by atomic mass is 10.1. The van der Waals surface area contributed by atoms with Gasteiger partial charge in [0.2, 0.25) is 0 Å². The minimum atomic E-state index is -4.98. The summed E-state index contributed by atoms with van der Waals surface area (Å²) in [5, 5.41) is 9.16. The van der Waals surface area contributed by atoms with E-state index in [0.29, 0.717) is 12.1 Å². The molecule has 0 bridgehead atoms. The van der Waals surface area contributed by atoms with Gasteiger partial charge in [0.05, 0.1) is 11.1 Å². The second-order valence-corrected chi connectivity index (χ2v) is 3.91. The van der Waals surface area contributed by atoms with Crippen molar-refractivity contribution in [2.24, 2.45) is 0 Å². The van der Waals surface area contributed by atoms with Crippen LogP contribution in [0.1, 0.15) is 18.1 Å². The number of hydrogen-bond donors (Lipinski definition) is 2. The van der Waals surface area contributed by atoms with Crippen LogP contribution in [0.5, 0.6) is 0 Å². The van der Waals surface area contributed by atoms with Crippen LogP contribution in [-0.4, -0.2) is 17.0 Å². The van der Waals surface area contributed by atoms with Gasteiger partial charge in [-0.2, -0.15) is 26.3 Å². The Bertz CT molecular complexity index is 592. The molecule has 1 rings (SSSR count). The third-order valence-electron chi connectivity index (χ3n) is 1.98. The Kier molecular flexibility index (Phi) is 6.64. The standard InChI is InChI=1S/C11H5F6NO.C2H4O2/c1-2-9(19)18-8-4-6(10(12,13)14)3-7(5-8)11(15,16)17;1-2(3)4/h1,3-5H,(H,18,19);1H3,(H,3,4). The minimum Gasteiger partial charge on any atom is -0.481 e. The number of terminal acetylenes is 1. The van der Waals surface area contributed by atoms with Crippen LogP contribution >= 0.6 is 0 Å². The van der Waals surface area contributed by atoms with Crippen LogP contribution in [-0.2, 0) is 21.9 Å². The van der Waals surface area contributed by atoms with Crippen molar-refractivity contribution in [1.29, 1.82) is 0 Å². The molecule has 0 aliphatic rings. The van der Waals surface area contributed by atoms with Crippen LogP contribution in [0, 0.1) is 12.3 Å². The van der Waals surface area contributed by atoms with Gasteiger partial charge in [-0.25, -0.2) is 0 Å². The fraction of sp³-hybridized carbons (Fsp3) is 0.231. The Morgan fingerprint density at radius 2 is 1.39 bits per heavy atom. The first kappa shape index (κ1) is 20.3. The maximum absolute atomic E-state index is 12.4. The van der Waals surface area contributed by atoms with Crippen molar-refractivity contribution in [2.45, 2.75) is 19.3 Å². The van der Waals surface area contributed by atoms with E-state index >= 15 is 0 Å². The number of anilines is 1. The lowest BCUT2D eigenvalue weighted by Crippen LogP contribution is -2.14. The van der Waals surface area contributed by atoms with E-state index in [2.05, 4.69) is 6.42 Å². The Hall–Kier alpha value is -2.70. The van der Waals surface area contributed by atoms with Crippen molar-refractivity contribution in [3.8, 4) is 12.3 Å². The normalized spacial score (nSPS) is 10.9. The molecule has 2 N–H and O–H groups in total. The van der Waals surface area contributed by atoms with Crippen LogP contribution in [0.3, 0.4) is 0 Å². The third kappa shape index (κ3) is 7.75. The molecule has 0 saturated carbocycles. The summed E-state index contributed by atoms with van der Waals surface area (Å²) in [6, 6.07) is 0.681. The molecule has 1 aromatic rings. The van der Waals surface area contributed by atoms with Gasteiger partial charge in [0, 0.05) is 12.6 Å². The Labute approximate surface area is 126 Å². The highest BCUT2D eigenvalue weighted by atomic mass is 19.4. The number of halogens is 6. The number of amides is 1. The first-order valence-electron chi connectivity index (χ1n) is 5.54. The van der Waals surface area contributed by atoms with Gasteiger partial charge in [0.1, 0.15) is 0 Å². The first-order chi connectivity index (χ1) is 10.3. The van der Waals surface area contributed by atoms with Crippen LogP contribution in [0.15, 0.2) is 18.2 Å². The van der Waals surface area contributed by atoms with Crippen molar-refractivity contribution in [2.75, 3.05) is 5.32 Å². The van der Waals surface area contributed by atoms with E-state index < -0.39 is 41.0 Å². The molecule has 0 aliphatic heterocycles. The van der Waals surface area contributed by atoms with Crippen molar-refractivity contribution in [3.63, 3.8) is 0 Å². The summed E-state index contributed by atoms with van der Waals surface area (Å²) >= 11 is 0. The molecule has 23 heavy (non-hydrogen) atoms. The smallest absolute Gasteiger partial charge is 0.416 e. The molecule has 4 nitrogen and oxygen atoms in total. The molecule has 1 aromatic carbocycles. The Morgan fingerprint density at radius 3 is 1.65 bits per heavy atom. The van der Waals surface area contributed by atoms with Gasteiger partial charge in [-0.1, -0.05) is 0 Å². The highest BCUT2D eigenvalue weighted by Crippen LogP contribution is 2.37. The molecule has 0 heterocycles. The average molecular weight is 341 g/mol. The van der Waals surface area contributed by atoms with Gasteiger partial charge in [-0.3, -0.25) is 9.59 Å². The summed E-state index contributed by atoms with van der Waals surface area (Å²) in [5.74, 6) is -0.462. The number of hydrogen-bond acceptors (Lipinski definition) is 2. The lowest BCUT2D eigenvalue weighted by molar-refractivity contribution is -0.143. The molecular weight excluding hydrogens is 332 g/mol. The predicted octanol–water partition coefficient (Wildman–Crippen LogP) is 3.39. The molecule has 0 saturated heterocycles. The van der Waals surface area contributed by atoms with E-state index in [4.69, 9.17) is 9.90 Å². The summed E-state index contributed by atoms with van der Waals surface area (Å²) in [4.78, 5) is 19.8. The first-order valence-corrected chi connectivity index (χ1v) is 5.54. The number of nitrogens with one attached hydrogen (secondary N) is 1. The fourth-order valence-corrected chi connectivity index (χ4v) is 1.19. The second kappa shape index (κ2) is 7.53.